The van der Waals surface area contributed by atoms with Gasteiger partial charge in [0.2, 0.25) is 0 Å². The van der Waals surface area contributed by atoms with E-state index >= 15 is 0 Å². The molecule has 0 N–H and O–H groups in total. The Bertz CT molecular complexity index is 1070. The van der Waals surface area contributed by atoms with Crippen LogP contribution in [-0.4, -0.2) is 33.7 Å². The first kappa shape index (κ1) is 21.2. The Morgan fingerprint density at radius 2 is 1.84 bits per heavy atom. The Labute approximate surface area is 179 Å². The third-order valence-electron chi connectivity index (χ3n) is 6.08. The van der Waals surface area contributed by atoms with Gasteiger partial charge in [-0.15, -0.1) is 0 Å². The average molecular weight is 427 g/mol. The summed E-state index contributed by atoms with van der Waals surface area (Å²) in [4.78, 5) is 15.0. The van der Waals surface area contributed by atoms with Gasteiger partial charge in [-0.1, -0.05) is 48.5 Å². The van der Waals surface area contributed by atoms with Crippen molar-refractivity contribution in [3.05, 3.63) is 77.5 Å². The van der Waals surface area contributed by atoms with Gasteiger partial charge in [0.05, 0.1) is 23.0 Å². The molecular weight excluding hydrogens is 403 g/mol. The van der Waals surface area contributed by atoms with E-state index in [9.17, 15) is 18.0 Å². The molecule has 4 rings (SSSR count). The van der Waals surface area contributed by atoms with Crippen molar-refractivity contribution in [1.29, 1.82) is 0 Å². The summed E-state index contributed by atoms with van der Waals surface area (Å²) in [6, 6.07) is 15.2. The van der Waals surface area contributed by atoms with Crippen LogP contribution in [0.25, 0.3) is 11.3 Å². The van der Waals surface area contributed by atoms with Crippen LogP contribution in [0.2, 0.25) is 0 Å². The van der Waals surface area contributed by atoms with Crippen molar-refractivity contribution < 1.29 is 18.0 Å². The zero-order chi connectivity index (χ0) is 22.2. The van der Waals surface area contributed by atoms with E-state index in [4.69, 9.17) is 0 Å². The second-order valence-corrected chi connectivity index (χ2v) is 7.95. The SMILES string of the molecule is CCn1ncc(C(=O)N(C)C2CC(c3cccc(C(F)(F)F)c3)C2)c1-c1ccccc1. The van der Waals surface area contributed by atoms with Gasteiger partial charge in [0.15, 0.2) is 0 Å². The molecule has 1 amide bonds. The van der Waals surface area contributed by atoms with Gasteiger partial charge < -0.3 is 4.90 Å². The molecule has 1 saturated carbocycles. The van der Waals surface area contributed by atoms with Crippen LogP contribution in [0.4, 0.5) is 13.2 Å². The molecule has 2 aromatic carbocycles. The number of carbonyl (C=O) groups excluding carboxylic acids is 1. The lowest BCUT2D eigenvalue weighted by Gasteiger charge is -2.41. The summed E-state index contributed by atoms with van der Waals surface area (Å²) in [7, 11) is 1.76. The number of alkyl halides is 3. The minimum absolute atomic E-state index is 0.0133. The van der Waals surface area contributed by atoms with Gasteiger partial charge in [0.25, 0.3) is 5.91 Å². The van der Waals surface area contributed by atoms with Crippen molar-refractivity contribution in [3.8, 4) is 11.3 Å². The summed E-state index contributed by atoms with van der Waals surface area (Å²) in [5.41, 5.74) is 2.30. The van der Waals surface area contributed by atoms with E-state index in [1.54, 1.807) is 24.2 Å². The molecule has 0 aliphatic heterocycles. The molecule has 0 atom stereocenters. The fourth-order valence-electron chi connectivity index (χ4n) is 4.18. The summed E-state index contributed by atoms with van der Waals surface area (Å²) < 4.78 is 40.8. The summed E-state index contributed by atoms with van der Waals surface area (Å²) >= 11 is 0. The molecule has 1 aromatic heterocycles. The number of aryl methyl sites for hydroxylation is 1. The fourth-order valence-corrected chi connectivity index (χ4v) is 4.18. The Morgan fingerprint density at radius 3 is 2.48 bits per heavy atom. The Balaban J connectivity index is 1.50. The van der Waals surface area contributed by atoms with E-state index in [1.807, 2.05) is 41.9 Å². The lowest BCUT2D eigenvalue weighted by Crippen LogP contribution is -2.44. The lowest BCUT2D eigenvalue weighted by molar-refractivity contribution is -0.137. The summed E-state index contributed by atoms with van der Waals surface area (Å²) in [5.74, 6) is -0.0967. The van der Waals surface area contributed by atoms with E-state index in [0.717, 1.165) is 17.3 Å². The molecule has 4 nitrogen and oxygen atoms in total. The minimum Gasteiger partial charge on any atom is -0.339 e. The van der Waals surface area contributed by atoms with Gasteiger partial charge >= 0.3 is 6.18 Å². The van der Waals surface area contributed by atoms with Crippen molar-refractivity contribution in [3.63, 3.8) is 0 Å². The van der Waals surface area contributed by atoms with Gasteiger partial charge in [0.1, 0.15) is 0 Å². The van der Waals surface area contributed by atoms with Crippen molar-refractivity contribution in [2.75, 3.05) is 7.05 Å². The summed E-state index contributed by atoms with van der Waals surface area (Å²) in [5, 5.41) is 4.38. The van der Waals surface area contributed by atoms with Gasteiger partial charge in [-0.25, -0.2) is 0 Å². The zero-order valence-electron chi connectivity index (χ0n) is 17.4. The maximum absolute atomic E-state index is 13.3. The summed E-state index contributed by atoms with van der Waals surface area (Å²) in [6.07, 6.45) is -1.45. The highest BCUT2D eigenvalue weighted by Crippen LogP contribution is 2.41. The van der Waals surface area contributed by atoms with Crippen molar-refractivity contribution in [2.45, 2.75) is 44.4 Å². The molecule has 1 aliphatic rings. The topological polar surface area (TPSA) is 38.1 Å². The Morgan fingerprint density at radius 1 is 1.13 bits per heavy atom. The molecule has 1 fully saturated rings. The van der Waals surface area contributed by atoms with Crippen molar-refractivity contribution >= 4 is 5.91 Å². The first-order valence-corrected chi connectivity index (χ1v) is 10.3. The van der Waals surface area contributed by atoms with E-state index in [0.29, 0.717) is 30.5 Å². The number of rotatable bonds is 5. The van der Waals surface area contributed by atoms with Gasteiger partial charge in [-0.05, 0) is 37.3 Å². The molecular formula is C24H24F3N3O. The molecule has 0 unspecified atom stereocenters. The number of nitrogens with zero attached hydrogens (tertiary/aromatic N) is 3. The number of carbonyl (C=O) groups is 1. The number of aromatic nitrogens is 2. The maximum Gasteiger partial charge on any atom is 0.416 e. The van der Waals surface area contributed by atoms with Gasteiger partial charge in [0, 0.05) is 25.2 Å². The first-order chi connectivity index (χ1) is 14.8. The van der Waals surface area contributed by atoms with Gasteiger partial charge in [-0.3, -0.25) is 9.48 Å². The number of hydrogen-bond donors (Lipinski definition) is 0. The van der Waals surface area contributed by atoms with Crippen molar-refractivity contribution in [1.82, 2.24) is 14.7 Å². The average Bonchev–Trinajstić information content (AvgIpc) is 3.16. The van der Waals surface area contributed by atoms with E-state index < -0.39 is 11.7 Å². The second-order valence-electron chi connectivity index (χ2n) is 7.95. The highest BCUT2D eigenvalue weighted by Gasteiger charge is 2.38. The fraction of sp³-hybridized carbons (Fsp3) is 0.333. The first-order valence-electron chi connectivity index (χ1n) is 10.3. The molecule has 7 heteroatoms. The van der Waals surface area contributed by atoms with Crippen LogP contribution >= 0.6 is 0 Å². The predicted molar refractivity (Wildman–Crippen MR) is 113 cm³/mol. The minimum atomic E-state index is -4.35. The molecule has 31 heavy (non-hydrogen) atoms. The maximum atomic E-state index is 13.3. The molecule has 0 spiro atoms. The smallest absolute Gasteiger partial charge is 0.339 e. The van der Waals surface area contributed by atoms with Crippen LogP contribution in [0.3, 0.4) is 0 Å². The quantitative estimate of drug-likeness (QED) is 0.531. The summed E-state index contributed by atoms with van der Waals surface area (Å²) in [6.45, 7) is 2.62. The number of amides is 1. The second kappa shape index (κ2) is 8.21. The molecule has 0 radical (unpaired) electrons. The van der Waals surface area contributed by atoms with Crippen LogP contribution in [0.1, 0.15) is 47.2 Å². The molecule has 0 saturated heterocycles. The molecule has 0 bridgehead atoms. The number of hydrogen-bond acceptors (Lipinski definition) is 2. The predicted octanol–water partition coefficient (Wildman–Crippen LogP) is 5.61. The van der Waals surface area contributed by atoms with Crippen LogP contribution in [-0.2, 0) is 12.7 Å². The molecule has 1 heterocycles. The Hall–Kier alpha value is -3.09. The van der Waals surface area contributed by atoms with Gasteiger partial charge in [-0.2, -0.15) is 18.3 Å². The molecule has 1 aliphatic carbocycles. The number of benzene rings is 2. The van der Waals surface area contributed by atoms with Crippen LogP contribution in [0, 0.1) is 0 Å². The number of halogens is 3. The van der Waals surface area contributed by atoms with Crippen LogP contribution in [0.15, 0.2) is 60.8 Å². The largest absolute Gasteiger partial charge is 0.416 e. The van der Waals surface area contributed by atoms with E-state index in [-0.39, 0.29) is 17.9 Å². The van der Waals surface area contributed by atoms with E-state index in [2.05, 4.69) is 5.10 Å². The monoisotopic (exact) mass is 427 g/mol. The third-order valence-corrected chi connectivity index (χ3v) is 6.08. The highest BCUT2D eigenvalue weighted by molar-refractivity contribution is 6.00. The third kappa shape index (κ3) is 4.09. The zero-order valence-corrected chi connectivity index (χ0v) is 17.4. The van der Waals surface area contributed by atoms with E-state index in [1.165, 1.54) is 12.1 Å². The molecule has 3 aromatic rings. The lowest BCUT2D eigenvalue weighted by atomic mass is 9.75. The van der Waals surface area contributed by atoms with Crippen LogP contribution in [0.5, 0.6) is 0 Å². The highest BCUT2D eigenvalue weighted by atomic mass is 19.4. The standard InChI is InChI=1S/C24H24F3N3O/c1-3-30-22(16-8-5-4-6-9-16)21(15-28-30)23(31)29(2)20-13-18(14-20)17-10-7-11-19(12-17)24(25,26)27/h4-12,15,18,20H,3,13-14H2,1-2H3. The van der Waals surface area contributed by atoms with Crippen LogP contribution < -0.4 is 0 Å². The molecule has 162 valence electrons. The normalized spacial score (nSPS) is 18.5. The Kier molecular flexibility index (Phi) is 5.60. The van der Waals surface area contributed by atoms with Crippen molar-refractivity contribution in [2.24, 2.45) is 0 Å².